The molecule has 2 N–H and O–H groups in total. The van der Waals surface area contributed by atoms with Gasteiger partial charge in [-0.25, -0.2) is 5.48 Å². The Labute approximate surface area is 156 Å². The first kappa shape index (κ1) is 17.7. The molecule has 0 aliphatic heterocycles. The fourth-order valence-electron chi connectivity index (χ4n) is 6.37. The number of nitrogens with zero attached hydrogens (tertiary/aromatic N) is 1. The maximum absolute atomic E-state index is 11.0. The summed E-state index contributed by atoms with van der Waals surface area (Å²) in [6, 6.07) is 8.31. The van der Waals surface area contributed by atoms with Crippen LogP contribution in [0, 0.1) is 23.2 Å². The summed E-state index contributed by atoms with van der Waals surface area (Å²) in [5, 5.41) is 8.52. The van der Waals surface area contributed by atoms with Gasteiger partial charge in [-0.3, -0.25) is 10.0 Å². The van der Waals surface area contributed by atoms with E-state index in [0.717, 1.165) is 29.9 Å². The summed E-state index contributed by atoms with van der Waals surface area (Å²) in [7, 11) is 2.26. The highest BCUT2D eigenvalue weighted by atomic mass is 16.5. The third-order valence-electron chi connectivity index (χ3n) is 6.74. The van der Waals surface area contributed by atoms with Crippen molar-refractivity contribution < 1.29 is 10.0 Å². The third kappa shape index (κ3) is 3.86. The van der Waals surface area contributed by atoms with Crippen molar-refractivity contribution in [1.29, 1.82) is 0 Å². The summed E-state index contributed by atoms with van der Waals surface area (Å²) >= 11 is 0. The van der Waals surface area contributed by atoms with Crippen molar-refractivity contribution in [3.63, 3.8) is 0 Å². The highest BCUT2D eigenvalue weighted by molar-refractivity contribution is 5.90. The molecule has 4 aliphatic carbocycles. The lowest BCUT2D eigenvalue weighted by molar-refractivity contribution is -0.124. The molecule has 4 saturated carbocycles. The predicted octanol–water partition coefficient (Wildman–Crippen LogP) is 3.85. The van der Waals surface area contributed by atoms with Crippen LogP contribution in [0.15, 0.2) is 30.3 Å². The lowest BCUT2D eigenvalue weighted by Crippen LogP contribution is -2.50. The van der Waals surface area contributed by atoms with Crippen LogP contribution in [-0.2, 0) is 11.3 Å². The molecule has 0 unspecified atom stereocenters. The average Bonchev–Trinajstić information content (AvgIpc) is 2.59. The van der Waals surface area contributed by atoms with Gasteiger partial charge in [0.15, 0.2) is 0 Å². The largest absolute Gasteiger partial charge is 0.302 e. The van der Waals surface area contributed by atoms with Gasteiger partial charge in [-0.2, -0.15) is 0 Å². The van der Waals surface area contributed by atoms with Crippen LogP contribution >= 0.6 is 0 Å². The van der Waals surface area contributed by atoms with Crippen molar-refractivity contribution in [3.8, 4) is 0 Å². The van der Waals surface area contributed by atoms with Crippen molar-refractivity contribution in [2.75, 3.05) is 13.6 Å². The maximum Gasteiger partial charge on any atom is 0.267 e. The fourth-order valence-corrected chi connectivity index (χ4v) is 6.37. The van der Waals surface area contributed by atoms with Gasteiger partial charge in [0.1, 0.15) is 0 Å². The summed E-state index contributed by atoms with van der Waals surface area (Å²) in [5.74, 6) is 2.52. The van der Waals surface area contributed by atoms with E-state index >= 15 is 0 Å². The Kier molecular flexibility index (Phi) is 4.89. The molecule has 4 fully saturated rings. The van der Waals surface area contributed by atoms with Crippen LogP contribution in [0.25, 0.3) is 6.08 Å². The summed E-state index contributed by atoms with van der Waals surface area (Å²) in [6.07, 6.45) is 11.9. The lowest BCUT2D eigenvalue weighted by Gasteiger charge is -2.57. The van der Waals surface area contributed by atoms with Crippen LogP contribution in [0.2, 0.25) is 0 Å². The quantitative estimate of drug-likeness (QED) is 0.464. The molecule has 1 aromatic rings. The molecule has 0 atom stereocenters. The van der Waals surface area contributed by atoms with E-state index in [1.807, 2.05) is 12.1 Å². The van der Waals surface area contributed by atoms with Gasteiger partial charge in [0, 0.05) is 19.2 Å². The molecule has 0 spiro atoms. The first-order chi connectivity index (χ1) is 12.5. The molecule has 4 aliphatic rings. The second-order valence-electron chi connectivity index (χ2n) is 9.14. The minimum atomic E-state index is -0.510. The van der Waals surface area contributed by atoms with Crippen LogP contribution < -0.4 is 5.48 Å². The minimum absolute atomic E-state index is 0.510. The number of hydroxylamine groups is 1. The second-order valence-corrected chi connectivity index (χ2v) is 9.14. The summed E-state index contributed by atoms with van der Waals surface area (Å²) in [4.78, 5) is 13.6. The van der Waals surface area contributed by atoms with E-state index in [1.165, 1.54) is 56.7 Å². The number of nitrogens with one attached hydrogen (secondary N) is 1. The van der Waals surface area contributed by atoms with Crippen LogP contribution in [0.1, 0.15) is 49.7 Å². The van der Waals surface area contributed by atoms with Gasteiger partial charge in [0.05, 0.1) is 0 Å². The third-order valence-corrected chi connectivity index (χ3v) is 6.74. The first-order valence-electron chi connectivity index (χ1n) is 9.93. The number of benzene rings is 1. The number of carbonyl (C=O) groups excluding carboxylic acids is 1. The van der Waals surface area contributed by atoms with Gasteiger partial charge < -0.3 is 4.90 Å². The molecule has 0 heterocycles. The van der Waals surface area contributed by atoms with Gasteiger partial charge in [0.2, 0.25) is 0 Å². The lowest BCUT2D eigenvalue weighted by atomic mass is 9.49. The normalized spacial score (nSPS) is 32.5. The molecular weight excluding hydrogens is 323 g/mol. The zero-order chi connectivity index (χ0) is 18.1. The molecular formula is C22H30N2O2. The van der Waals surface area contributed by atoms with E-state index in [9.17, 15) is 4.79 Å². The van der Waals surface area contributed by atoms with Gasteiger partial charge >= 0.3 is 0 Å². The maximum atomic E-state index is 11.0. The second kappa shape index (κ2) is 7.16. The summed E-state index contributed by atoms with van der Waals surface area (Å²) < 4.78 is 0. The van der Waals surface area contributed by atoms with Crippen LogP contribution in [0.3, 0.4) is 0 Å². The fraction of sp³-hybridized carbons (Fsp3) is 0.591. The molecule has 4 nitrogen and oxygen atoms in total. The van der Waals surface area contributed by atoms with Crippen molar-refractivity contribution in [1.82, 2.24) is 10.4 Å². The van der Waals surface area contributed by atoms with Crippen molar-refractivity contribution in [3.05, 3.63) is 41.5 Å². The van der Waals surface area contributed by atoms with Gasteiger partial charge in [-0.05, 0) is 85.9 Å². The number of hydrogen-bond donors (Lipinski definition) is 2. The molecule has 0 saturated heterocycles. The molecule has 1 aromatic carbocycles. The highest BCUT2D eigenvalue weighted by Crippen LogP contribution is 2.60. The van der Waals surface area contributed by atoms with Crippen molar-refractivity contribution >= 4 is 12.0 Å². The Morgan fingerprint density at radius 3 is 2.27 bits per heavy atom. The Bertz CT molecular complexity index is 645. The smallest absolute Gasteiger partial charge is 0.267 e. The van der Waals surface area contributed by atoms with E-state index in [0.29, 0.717) is 5.41 Å². The molecule has 1 amide bonds. The molecule has 0 aromatic heterocycles. The van der Waals surface area contributed by atoms with E-state index in [2.05, 4.69) is 24.1 Å². The Morgan fingerprint density at radius 1 is 1.15 bits per heavy atom. The van der Waals surface area contributed by atoms with E-state index in [-0.39, 0.29) is 0 Å². The average molecular weight is 353 g/mol. The number of rotatable bonds is 6. The topological polar surface area (TPSA) is 52.6 Å². The van der Waals surface area contributed by atoms with Crippen LogP contribution in [-0.4, -0.2) is 29.6 Å². The molecule has 4 heteroatoms. The monoisotopic (exact) mass is 353 g/mol. The minimum Gasteiger partial charge on any atom is -0.302 e. The molecule has 5 rings (SSSR count). The number of hydrogen-bond acceptors (Lipinski definition) is 3. The SMILES string of the molecule is [11CH3]N(Cc1ccc(/C=C/C(=O)NO)cc1)CC12CC3CC(CC(C3)C1)C2. The van der Waals surface area contributed by atoms with E-state index in [4.69, 9.17) is 5.21 Å². The van der Waals surface area contributed by atoms with Gasteiger partial charge in [-0.1, -0.05) is 24.3 Å². The predicted molar refractivity (Wildman–Crippen MR) is 102 cm³/mol. The zero-order valence-corrected chi connectivity index (χ0v) is 15.7. The highest BCUT2D eigenvalue weighted by Gasteiger charge is 2.50. The van der Waals surface area contributed by atoms with Crippen molar-refractivity contribution in [2.45, 2.75) is 45.1 Å². The zero-order valence-electron chi connectivity index (χ0n) is 15.7. The molecule has 4 bridgehead atoms. The Balaban J connectivity index is 1.34. The van der Waals surface area contributed by atoms with E-state index < -0.39 is 5.91 Å². The standard InChI is InChI=1S/C22H30N2O2/c1-24(14-17-4-2-16(3-5-17)6-7-21(25)23-26)15-22-11-18-8-19(12-22)10-20(9-18)13-22/h2-7,18-20,26H,8-15H2,1H3,(H,23,25)/b7-6+/i1-1. The first-order valence-corrected chi connectivity index (χ1v) is 9.93. The Hall–Kier alpha value is -1.65. The Morgan fingerprint density at radius 2 is 1.73 bits per heavy atom. The van der Waals surface area contributed by atoms with Crippen LogP contribution in [0.4, 0.5) is 0 Å². The molecule has 0 radical (unpaired) electrons. The number of amides is 1. The summed E-state index contributed by atoms with van der Waals surface area (Å²) in [6.45, 7) is 2.21. The molecule has 140 valence electrons. The molecule has 26 heavy (non-hydrogen) atoms. The van der Waals surface area contributed by atoms with Gasteiger partial charge in [0.25, 0.3) is 5.91 Å². The van der Waals surface area contributed by atoms with Crippen LogP contribution in [0.5, 0.6) is 0 Å². The van der Waals surface area contributed by atoms with E-state index in [1.54, 1.807) is 11.6 Å². The van der Waals surface area contributed by atoms with Gasteiger partial charge in [-0.15, -0.1) is 0 Å². The summed E-state index contributed by atoms with van der Waals surface area (Å²) in [5.41, 5.74) is 4.45. The van der Waals surface area contributed by atoms with Crippen molar-refractivity contribution in [2.24, 2.45) is 23.2 Å². The number of carbonyl (C=O) groups is 1.